The fraction of sp³-hybridized carbons (Fsp3) is 0.500. The lowest BCUT2D eigenvalue weighted by Gasteiger charge is -2.21. The van der Waals surface area contributed by atoms with Gasteiger partial charge in [-0.1, -0.05) is 25.0 Å². The Kier molecular flexibility index (Phi) is 2.87. The maximum Gasteiger partial charge on any atom is 0.121 e. The van der Waals surface area contributed by atoms with Crippen LogP contribution in [-0.2, 0) is 5.41 Å². The van der Waals surface area contributed by atoms with E-state index in [1.54, 1.807) is 7.11 Å². The van der Waals surface area contributed by atoms with Crippen molar-refractivity contribution in [1.29, 1.82) is 5.26 Å². The van der Waals surface area contributed by atoms with Crippen LogP contribution in [0.2, 0.25) is 0 Å². The maximum atomic E-state index is 9.41. The molecule has 0 spiro atoms. The van der Waals surface area contributed by atoms with E-state index < -0.39 is 0 Å². The van der Waals surface area contributed by atoms with E-state index in [1.165, 1.54) is 12.8 Å². The van der Waals surface area contributed by atoms with Gasteiger partial charge in [-0.15, -0.1) is 0 Å². The summed E-state index contributed by atoms with van der Waals surface area (Å²) in [6.07, 6.45) is 4.32. The van der Waals surface area contributed by atoms with Crippen molar-refractivity contribution < 1.29 is 4.74 Å². The number of nitrogens with zero attached hydrogens (tertiary/aromatic N) is 1. The summed E-state index contributed by atoms with van der Waals surface area (Å²) < 4.78 is 5.25. The molecule has 0 heterocycles. The Hall–Kier alpha value is -1.49. The lowest BCUT2D eigenvalue weighted by atomic mass is 9.80. The molecular formula is C14H17NO. The maximum absolute atomic E-state index is 9.41. The molecule has 1 aromatic carbocycles. The van der Waals surface area contributed by atoms with Crippen molar-refractivity contribution in [3.63, 3.8) is 0 Å². The molecule has 2 nitrogen and oxygen atoms in total. The van der Waals surface area contributed by atoms with E-state index in [0.717, 1.165) is 29.7 Å². The summed E-state index contributed by atoms with van der Waals surface area (Å²) >= 11 is 0. The molecule has 2 heteroatoms. The number of nitriles is 1. The topological polar surface area (TPSA) is 33.0 Å². The summed E-state index contributed by atoms with van der Waals surface area (Å²) in [4.78, 5) is 0. The molecule has 0 unspecified atom stereocenters. The smallest absolute Gasteiger partial charge is 0.121 e. The minimum absolute atomic E-state index is 0.239. The van der Waals surface area contributed by atoms with Crippen LogP contribution < -0.4 is 4.74 Å². The van der Waals surface area contributed by atoms with Crippen molar-refractivity contribution in [3.05, 3.63) is 29.3 Å². The number of rotatable bonds is 2. The molecular weight excluding hydrogens is 198 g/mol. The first-order valence-corrected chi connectivity index (χ1v) is 5.78. The Morgan fingerprint density at radius 3 is 2.50 bits per heavy atom. The predicted octanol–water partition coefficient (Wildman–Crippen LogP) is 3.34. The molecule has 0 bridgehead atoms. The zero-order chi connectivity index (χ0) is 11.6. The molecule has 0 aliphatic heterocycles. The lowest BCUT2D eigenvalue weighted by molar-refractivity contribution is 0.411. The van der Waals surface area contributed by atoms with Gasteiger partial charge >= 0.3 is 0 Å². The lowest BCUT2D eigenvalue weighted by Crippen LogP contribution is -2.19. The van der Waals surface area contributed by atoms with E-state index in [0.29, 0.717) is 0 Å². The molecule has 84 valence electrons. The molecule has 0 amide bonds. The molecule has 1 fully saturated rings. The summed E-state index contributed by atoms with van der Waals surface area (Å²) in [6.45, 7) is 2.03. The molecule has 0 radical (unpaired) electrons. The van der Waals surface area contributed by atoms with Gasteiger partial charge in [0.05, 0.1) is 18.6 Å². The third-order valence-corrected chi connectivity index (χ3v) is 3.62. The van der Waals surface area contributed by atoms with Crippen LogP contribution in [0, 0.1) is 18.3 Å². The normalized spacial score (nSPS) is 18.1. The standard InChI is InChI=1S/C14H17NO/c1-11-9-12(5-6-13(11)16-2)14(10-15)7-3-4-8-14/h5-6,9H,3-4,7-8H2,1-2H3. The van der Waals surface area contributed by atoms with Crippen molar-refractivity contribution in [3.8, 4) is 11.8 Å². The van der Waals surface area contributed by atoms with E-state index in [9.17, 15) is 5.26 Å². The van der Waals surface area contributed by atoms with Crippen LogP contribution in [0.5, 0.6) is 5.75 Å². The first-order valence-electron chi connectivity index (χ1n) is 5.78. The average Bonchev–Trinajstić information content (AvgIpc) is 2.78. The first-order chi connectivity index (χ1) is 7.72. The van der Waals surface area contributed by atoms with Gasteiger partial charge in [-0.25, -0.2) is 0 Å². The Morgan fingerprint density at radius 2 is 2.00 bits per heavy atom. The number of hydrogen-bond donors (Lipinski definition) is 0. The van der Waals surface area contributed by atoms with E-state index >= 15 is 0 Å². The largest absolute Gasteiger partial charge is 0.496 e. The molecule has 2 rings (SSSR count). The van der Waals surface area contributed by atoms with Gasteiger partial charge in [-0.05, 0) is 37.0 Å². The van der Waals surface area contributed by atoms with Crippen molar-refractivity contribution in [2.24, 2.45) is 0 Å². The Labute approximate surface area is 96.9 Å². The highest BCUT2D eigenvalue weighted by Crippen LogP contribution is 2.41. The van der Waals surface area contributed by atoms with Gasteiger partial charge in [-0.3, -0.25) is 0 Å². The number of aryl methyl sites for hydroxylation is 1. The van der Waals surface area contributed by atoms with E-state index in [-0.39, 0.29) is 5.41 Å². The third-order valence-electron chi connectivity index (χ3n) is 3.62. The third kappa shape index (κ3) is 1.67. The predicted molar refractivity (Wildman–Crippen MR) is 63.5 cm³/mol. The molecule has 0 N–H and O–H groups in total. The zero-order valence-corrected chi connectivity index (χ0v) is 9.92. The summed E-state index contributed by atoms with van der Waals surface area (Å²) in [6, 6.07) is 8.64. The van der Waals surface area contributed by atoms with Crippen LogP contribution in [0.15, 0.2) is 18.2 Å². The molecule has 1 aliphatic rings. The summed E-state index contributed by atoms with van der Waals surface area (Å²) in [7, 11) is 1.68. The van der Waals surface area contributed by atoms with Crippen LogP contribution in [-0.4, -0.2) is 7.11 Å². The van der Waals surface area contributed by atoms with Crippen molar-refractivity contribution in [2.75, 3.05) is 7.11 Å². The zero-order valence-electron chi connectivity index (χ0n) is 9.92. The molecule has 0 aromatic heterocycles. The van der Waals surface area contributed by atoms with Crippen LogP contribution >= 0.6 is 0 Å². The molecule has 0 saturated heterocycles. The fourth-order valence-electron chi connectivity index (χ4n) is 2.62. The van der Waals surface area contributed by atoms with Gasteiger partial charge in [0.15, 0.2) is 0 Å². The number of ether oxygens (including phenoxy) is 1. The summed E-state index contributed by atoms with van der Waals surface area (Å²) in [5, 5.41) is 9.41. The van der Waals surface area contributed by atoms with Gasteiger partial charge in [0.2, 0.25) is 0 Å². The second-order valence-electron chi connectivity index (χ2n) is 4.59. The second-order valence-corrected chi connectivity index (χ2v) is 4.59. The highest BCUT2D eigenvalue weighted by atomic mass is 16.5. The number of methoxy groups -OCH3 is 1. The highest BCUT2D eigenvalue weighted by molar-refractivity contribution is 5.42. The SMILES string of the molecule is COc1ccc(C2(C#N)CCCC2)cc1C. The second kappa shape index (κ2) is 4.17. The monoisotopic (exact) mass is 215 g/mol. The van der Waals surface area contributed by atoms with E-state index in [4.69, 9.17) is 4.74 Å². The number of benzene rings is 1. The van der Waals surface area contributed by atoms with Crippen LogP contribution in [0.4, 0.5) is 0 Å². The van der Waals surface area contributed by atoms with Crippen molar-refractivity contribution in [2.45, 2.75) is 38.0 Å². The van der Waals surface area contributed by atoms with Gasteiger partial charge in [0.1, 0.15) is 5.75 Å². The first kappa shape index (κ1) is 11.0. The molecule has 1 aromatic rings. The van der Waals surface area contributed by atoms with Crippen LogP contribution in [0.1, 0.15) is 36.8 Å². The molecule has 16 heavy (non-hydrogen) atoms. The Bertz CT molecular complexity index is 425. The average molecular weight is 215 g/mol. The highest BCUT2D eigenvalue weighted by Gasteiger charge is 2.35. The van der Waals surface area contributed by atoms with Crippen molar-refractivity contribution in [1.82, 2.24) is 0 Å². The van der Waals surface area contributed by atoms with Crippen LogP contribution in [0.25, 0.3) is 0 Å². The minimum Gasteiger partial charge on any atom is -0.496 e. The van der Waals surface area contributed by atoms with Gasteiger partial charge in [0, 0.05) is 0 Å². The Morgan fingerprint density at radius 1 is 1.31 bits per heavy atom. The Balaban J connectivity index is 2.41. The quantitative estimate of drug-likeness (QED) is 0.758. The van der Waals surface area contributed by atoms with E-state index in [2.05, 4.69) is 12.1 Å². The summed E-state index contributed by atoms with van der Waals surface area (Å²) in [5.74, 6) is 0.898. The molecule has 1 aliphatic carbocycles. The summed E-state index contributed by atoms with van der Waals surface area (Å²) in [5.41, 5.74) is 2.03. The fourth-order valence-corrected chi connectivity index (χ4v) is 2.62. The van der Waals surface area contributed by atoms with Gasteiger partial charge in [-0.2, -0.15) is 5.26 Å². The molecule has 0 atom stereocenters. The van der Waals surface area contributed by atoms with Gasteiger partial charge in [0.25, 0.3) is 0 Å². The van der Waals surface area contributed by atoms with Gasteiger partial charge < -0.3 is 4.74 Å². The van der Waals surface area contributed by atoms with Crippen molar-refractivity contribution >= 4 is 0 Å². The van der Waals surface area contributed by atoms with Crippen LogP contribution in [0.3, 0.4) is 0 Å². The molecule has 1 saturated carbocycles. The van der Waals surface area contributed by atoms with E-state index in [1.807, 2.05) is 19.1 Å². The minimum atomic E-state index is -0.239. The number of hydrogen-bond acceptors (Lipinski definition) is 2.